The molecule has 1 rings (SSSR count). The fourth-order valence-corrected chi connectivity index (χ4v) is 2.35. The van der Waals surface area contributed by atoms with Crippen LogP contribution < -0.4 is 5.32 Å². The van der Waals surface area contributed by atoms with Crippen LogP contribution in [0.4, 0.5) is 0 Å². The van der Waals surface area contributed by atoms with Gasteiger partial charge in [-0.1, -0.05) is 13.8 Å². The molecule has 0 spiro atoms. The highest BCUT2D eigenvalue weighted by atomic mass is 16.4. The van der Waals surface area contributed by atoms with Gasteiger partial charge in [0.1, 0.15) is 0 Å². The smallest absolute Gasteiger partial charge is 0.304 e. The quantitative estimate of drug-likeness (QED) is 0.742. The van der Waals surface area contributed by atoms with Gasteiger partial charge >= 0.3 is 5.97 Å². The van der Waals surface area contributed by atoms with Gasteiger partial charge in [0.2, 0.25) is 5.91 Å². The number of amides is 1. The molecule has 0 bridgehead atoms. The van der Waals surface area contributed by atoms with Crippen LogP contribution in [0.2, 0.25) is 0 Å². The molecule has 1 amide bonds. The standard InChI is InChI=1S/C13H24N2O3/c1-13(2,8-11(16)17)12(18)14-6-4-10-5-7-15(3)9-10/h10H,4-9H2,1-3H3,(H,14,18)(H,16,17). The zero-order valence-electron chi connectivity index (χ0n) is 11.5. The number of aliphatic carboxylic acids is 1. The first-order valence-corrected chi connectivity index (χ1v) is 6.50. The van der Waals surface area contributed by atoms with Gasteiger partial charge in [-0.05, 0) is 32.4 Å². The molecule has 5 heteroatoms. The van der Waals surface area contributed by atoms with Crippen LogP contribution in [-0.4, -0.2) is 48.6 Å². The van der Waals surface area contributed by atoms with Crippen molar-refractivity contribution in [1.29, 1.82) is 0 Å². The third kappa shape index (κ3) is 4.64. The molecule has 1 aliphatic heterocycles. The van der Waals surface area contributed by atoms with Crippen molar-refractivity contribution < 1.29 is 14.7 Å². The van der Waals surface area contributed by atoms with Crippen LogP contribution in [0, 0.1) is 11.3 Å². The average Bonchev–Trinajstić information content (AvgIpc) is 2.62. The molecule has 1 atom stereocenters. The molecule has 0 aromatic carbocycles. The van der Waals surface area contributed by atoms with Crippen molar-refractivity contribution >= 4 is 11.9 Å². The Morgan fingerprint density at radius 2 is 2.11 bits per heavy atom. The lowest BCUT2D eigenvalue weighted by atomic mass is 9.88. The van der Waals surface area contributed by atoms with E-state index in [9.17, 15) is 9.59 Å². The van der Waals surface area contributed by atoms with E-state index in [1.54, 1.807) is 13.8 Å². The molecule has 0 aromatic heterocycles. The third-order valence-electron chi connectivity index (χ3n) is 3.53. The summed E-state index contributed by atoms with van der Waals surface area (Å²) < 4.78 is 0. The van der Waals surface area contributed by atoms with Crippen LogP contribution in [-0.2, 0) is 9.59 Å². The fourth-order valence-electron chi connectivity index (χ4n) is 2.35. The molecule has 0 saturated carbocycles. The Balaban J connectivity index is 2.26. The second-order valence-electron chi connectivity index (χ2n) is 5.92. The summed E-state index contributed by atoms with van der Waals surface area (Å²) in [7, 11) is 2.11. The lowest BCUT2D eigenvalue weighted by Crippen LogP contribution is -2.39. The van der Waals surface area contributed by atoms with E-state index in [4.69, 9.17) is 5.11 Å². The summed E-state index contributed by atoms with van der Waals surface area (Å²) in [6, 6.07) is 0. The van der Waals surface area contributed by atoms with Crippen molar-refractivity contribution in [2.24, 2.45) is 11.3 Å². The number of rotatable bonds is 6. The minimum absolute atomic E-state index is 0.134. The minimum Gasteiger partial charge on any atom is -0.481 e. The van der Waals surface area contributed by atoms with E-state index < -0.39 is 11.4 Å². The maximum absolute atomic E-state index is 11.9. The molecule has 0 radical (unpaired) electrons. The number of hydrogen-bond acceptors (Lipinski definition) is 3. The molecule has 2 N–H and O–H groups in total. The number of carbonyl (C=O) groups excluding carboxylic acids is 1. The summed E-state index contributed by atoms with van der Waals surface area (Å²) in [5, 5.41) is 11.6. The number of carboxylic acid groups (broad SMARTS) is 1. The summed E-state index contributed by atoms with van der Waals surface area (Å²) in [4.78, 5) is 24.8. The van der Waals surface area contributed by atoms with Gasteiger partial charge in [0, 0.05) is 13.1 Å². The van der Waals surface area contributed by atoms with Crippen molar-refractivity contribution in [3.63, 3.8) is 0 Å². The SMILES string of the molecule is CN1CCC(CCNC(=O)C(C)(C)CC(=O)O)C1. The van der Waals surface area contributed by atoms with Crippen molar-refractivity contribution in [2.75, 3.05) is 26.7 Å². The fraction of sp³-hybridized carbons (Fsp3) is 0.846. The van der Waals surface area contributed by atoms with Crippen molar-refractivity contribution in [3.8, 4) is 0 Å². The summed E-state index contributed by atoms with van der Waals surface area (Å²) in [5.41, 5.74) is -0.835. The van der Waals surface area contributed by atoms with Crippen LogP contribution in [0.15, 0.2) is 0 Å². The third-order valence-corrected chi connectivity index (χ3v) is 3.53. The monoisotopic (exact) mass is 256 g/mol. The molecule has 1 heterocycles. The first-order chi connectivity index (χ1) is 8.31. The summed E-state index contributed by atoms with van der Waals surface area (Å²) in [6.45, 7) is 6.19. The molecular formula is C13H24N2O3. The van der Waals surface area contributed by atoms with Crippen molar-refractivity contribution in [3.05, 3.63) is 0 Å². The Morgan fingerprint density at radius 3 is 2.61 bits per heavy atom. The highest BCUT2D eigenvalue weighted by Crippen LogP contribution is 2.21. The van der Waals surface area contributed by atoms with Crippen LogP contribution in [0.1, 0.15) is 33.1 Å². The predicted molar refractivity (Wildman–Crippen MR) is 69.3 cm³/mol. The summed E-state index contributed by atoms with van der Waals surface area (Å²) in [5.74, 6) is -0.457. The van der Waals surface area contributed by atoms with Crippen LogP contribution >= 0.6 is 0 Å². The number of carbonyl (C=O) groups is 2. The Hall–Kier alpha value is -1.10. The molecule has 0 aromatic rings. The number of hydrogen-bond donors (Lipinski definition) is 2. The van der Waals surface area contributed by atoms with E-state index >= 15 is 0 Å². The van der Waals surface area contributed by atoms with Crippen molar-refractivity contribution in [1.82, 2.24) is 10.2 Å². The second kappa shape index (κ2) is 6.18. The Kier molecular flexibility index (Phi) is 5.14. The van der Waals surface area contributed by atoms with Gasteiger partial charge in [-0.2, -0.15) is 0 Å². The lowest BCUT2D eigenvalue weighted by Gasteiger charge is -2.22. The molecule has 104 valence electrons. The normalized spacial score (nSPS) is 20.9. The molecule has 0 aliphatic carbocycles. The highest BCUT2D eigenvalue weighted by Gasteiger charge is 2.30. The van der Waals surface area contributed by atoms with E-state index in [1.165, 1.54) is 6.42 Å². The van der Waals surface area contributed by atoms with E-state index in [2.05, 4.69) is 17.3 Å². The van der Waals surface area contributed by atoms with E-state index in [0.717, 1.165) is 19.5 Å². The maximum atomic E-state index is 11.9. The van der Waals surface area contributed by atoms with Crippen LogP contribution in [0.5, 0.6) is 0 Å². The minimum atomic E-state index is -0.937. The second-order valence-corrected chi connectivity index (χ2v) is 5.92. The first-order valence-electron chi connectivity index (χ1n) is 6.50. The largest absolute Gasteiger partial charge is 0.481 e. The number of carboxylic acids is 1. The van der Waals surface area contributed by atoms with Crippen LogP contribution in [0.25, 0.3) is 0 Å². The number of likely N-dealkylation sites (tertiary alicyclic amines) is 1. The molecule has 1 fully saturated rings. The van der Waals surface area contributed by atoms with Crippen molar-refractivity contribution in [2.45, 2.75) is 33.1 Å². The van der Waals surface area contributed by atoms with E-state index in [-0.39, 0.29) is 12.3 Å². The van der Waals surface area contributed by atoms with Gasteiger partial charge in [-0.15, -0.1) is 0 Å². The Labute approximate surface area is 109 Å². The maximum Gasteiger partial charge on any atom is 0.304 e. The average molecular weight is 256 g/mol. The molecule has 18 heavy (non-hydrogen) atoms. The summed E-state index contributed by atoms with van der Waals surface area (Å²) in [6.07, 6.45) is 2.02. The molecule has 1 unspecified atom stereocenters. The predicted octanol–water partition coefficient (Wildman–Crippen LogP) is 0.945. The first kappa shape index (κ1) is 15.0. The summed E-state index contributed by atoms with van der Waals surface area (Å²) >= 11 is 0. The highest BCUT2D eigenvalue weighted by molar-refractivity contribution is 5.86. The number of nitrogens with zero attached hydrogens (tertiary/aromatic N) is 1. The zero-order chi connectivity index (χ0) is 13.8. The molecule has 1 aliphatic rings. The van der Waals surface area contributed by atoms with Gasteiger partial charge in [-0.25, -0.2) is 0 Å². The molecular weight excluding hydrogens is 232 g/mol. The lowest BCUT2D eigenvalue weighted by molar-refractivity contribution is -0.144. The van der Waals surface area contributed by atoms with Gasteiger partial charge in [0.05, 0.1) is 11.8 Å². The Morgan fingerprint density at radius 1 is 1.44 bits per heavy atom. The molecule has 1 saturated heterocycles. The van der Waals surface area contributed by atoms with Gasteiger partial charge in [0.15, 0.2) is 0 Å². The number of nitrogens with one attached hydrogen (secondary N) is 1. The van der Waals surface area contributed by atoms with E-state index in [0.29, 0.717) is 12.5 Å². The Bertz CT molecular complexity index is 315. The van der Waals surface area contributed by atoms with E-state index in [1.807, 2.05) is 0 Å². The van der Waals surface area contributed by atoms with Crippen LogP contribution in [0.3, 0.4) is 0 Å². The topological polar surface area (TPSA) is 69.6 Å². The zero-order valence-corrected chi connectivity index (χ0v) is 11.5. The van der Waals surface area contributed by atoms with Gasteiger partial charge < -0.3 is 15.3 Å². The molecule has 5 nitrogen and oxygen atoms in total. The van der Waals surface area contributed by atoms with Gasteiger partial charge in [-0.3, -0.25) is 9.59 Å². The van der Waals surface area contributed by atoms with Gasteiger partial charge in [0.25, 0.3) is 0 Å².